The fourth-order valence-corrected chi connectivity index (χ4v) is 1.42. The van der Waals surface area contributed by atoms with Gasteiger partial charge in [0, 0.05) is 5.75 Å². The SMILES string of the molecule is C=S1CCOCN1C. The van der Waals surface area contributed by atoms with Crippen molar-refractivity contribution in [2.45, 2.75) is 0 Å². The van der Waals surface area contributed by atoms with Crippen molar-refractivity contribution in [2.24, 2.45) is 0 Å². The number of hydrogen-bond acceptors (Lipinski definition) is 2. The highest BCUT2D eigenvalue weighted by molar-refractivity contribution is 8.12. The highest BCUT2D eigenvalue weighted by Gasteiger charge is 2.06. The van der Waals surface area contributed by atoms with Crippen LogP contribution < -0.4 is 0 Å². The van der Waals surface area contributed by atoms with E-state index in [1.807, 2.05) is 7.05 Å². The van der Waals surface area contributed by atoms with Crippen molar-refractivity contribution in [1.82, 2.24) is 4.31 Å². The van der Waals surface area contributed by atoms with E-state index >= 15 is 0 Å². The van der Waals surface area contributed by atoms with Gasteiger partial charge in [0.1, 0.15) is 6.73 Å². The van der Waals surface area contributed by atoms with Crippen LogP contribution in [0.25, 0.3) is 0 Å². The van der Waals surface area contributed by atoms with Crippen molar-refractivity contribution in [3.63, 3.8) is 0 Å². The summed E-state index contributed by atoms with van der Waals surface area (Å²) in [6.07, 6.45) is 0. The Labute approximate surface area is 52.5 Å². The zero-order valence-electron chi connectivity index (χ0n) is 5.09. The highest BCUT2D eigenvalue weighted by Crippen LogP contribution is 2.17. The standard InChI is InChI=1S/C5H11NOS/c1-6-5-7-3-4-8(6)2/h2-5H2,1H3. The van der Waals surface area contributed by atoms with Gasteiger partial charge in [-0.3, -0.25) is 0 Å². The summed E-state index contributed by atoms with van der Waals surface area (Å²) < 4.78 is 7.27. The fourth-order valence-electron chi connectivity index (χ4n) is 0.579. The first-order valence-electron chi connectivity index (χ1n) is 2.60. The van der Waals surface area contributed by atoms with Crippen LogP contribution >= 0.6 is 10.7 Å². The first-order valence-corrected chi connectivity index (χ1v) is 4.12. The van der Waals surface area contributed by atoms with Crippen LogP contribution in [0.2, 0.25) is 0 Å². The summed E-state index contributed by atoms with van der Waals surface area (Å²) in [5, 5.41) is 0. The van der Waals surface area contributed by atoms with Crippen LogP contribution in [0.15, 0.2) is 0 Å². The quantitative estimate of drug-likeness (QED) is 0.447. The molecule has 0 aromatic heterocycles. The van der Waals surface area contributed by atoms with Crippen LogP contribution in [-0.4, -0.2) is 36.3 Å². The Morgan fingerprint density at radius 2 is 2.50 bits per heavy atom. The highest BCUT2D eigenvalue weighted by atomic mass is 32.2. The van der Waals surface area contributed by atoms with Crippen LogP contribution in [0.3, 0.4) is 0 Å². The topological polar surface area (TPSA) is 12.5 Å². The van der Waals surface area contributed by atoms with E-state index in [4.69, 9.17) is 4.74 Å². The third-order valence-corrected chi connectivity index (χ3v) is 2.80. The maximum Gasteiger partial charge on any atom is 0.107 e. The molecule has 1 aliphatic heterocycles. The number of nitrogens with zero attached hydrogens (tertiary/aromatic N) is 1. The lowest BCUT2D eigenvalue weighted by Gasteiger charge is -2.25. The second-order valence-electron chi connectivity index (χ2n) is 1.83. The van der Waals surface area contributed by atoms with Gasteiger partial charge < -0.3 is 4.74 Å². The van der Waals surface area contributed by atoms with E-state index in [1.54, 1.807) is 0 Å². The van der Waals surface area contributed by atoms with E-state index in [0.717, 1.165) is 19.1 Å². The molecule has 0 spiro atoms. The average Bonchev–Trinajstić information content (AvgIpc) is 1.77. The number of rotatable bonds is 0. The summed E-state index contributed by atoms with van der Waals surface area (Å²) in [5.41, 5.74) is 0. The molecule has 0 bridgehead atoms. The van der Waals surface area contributed by atoms with Gasteiger partial charge in [-0.25, -0.2) is 4.31 Å². The molecule has 0 N–H and O–H groups in total. The van der Waals surface area contributed by atoms with Gasteiger partial charge in [-0.1, -0.05) is 5.87 Å². The van der Waals surface area contributed by atoms with Crippen LogP contribution in [0.4, 0.5) is 0 Å². The van der Waals surface area contributed by atoms with Crippen LogP contribution in [-0.2, 0) is 4.74 Å². The smallest absolute Gasteiger partial charge is 0.107 e. The zero-order valence-corrected chi connectivity index (χ0v) is 5.91. The van der Waals surface area contributed by atoms with E-state index in [1.165, 1.54) is 0 Å². The summed E-state index contributed by atoms with van der Waals surface area (Å²) in [4.78, 5) is 0. The van der Waals surface area contributed by atoms with Gasteiger partial charge in [-0.2, -0.15) is 0 Å². The van der Waals surface area contributed by atoms with Gasteiger partial charge in [0.25, 0.3) is 0 Å². The Kier molecular flexibility index (Phi) is 2.05. The molecular weight excluding hydrogens is 122 g/mol. The van der Waals surface area contributed by atoms with Crippen molar-refractivity contribution >= 4 is 16.5 Å². The maximum atomic E-state index is 5.14. The molecule has 0 aliphatic carbocycles. The Balaban J connectivity index is 2.39. The Hall–Kier alpha value is 0.140. The van der Waals surface area contributed by atoms with Gasteiger partial charge >= 0.3 is 0 Å². The molecule has 0 aromatic rings. The van der Waals surface area contributed by atoms with E-state index in [-0.39, 0.29) is 10.7 Å². The molecule has 1 saturated heterocycles. The second-order valence-corrected chi connectivity index (χ2v) is 3.79. The molecule has 48 valence electrons. The van der Waals surface area contributed by atoms with Crippen LogP contribution in [0, 0.1) is 0 Å². The fraction of sp³-hybridized carbons (Fsp3) is 0.800. The molecule has 0 saturated carbocycles. The van der Waals surface area contributed by atoms with Gasteiger partial charge in [-0.15, -0.1) is 10.7 Å². The molecular formula is C5H11NOS. The van der Waals surface area contributed by atoms with Gasteiger partial charge in [-0.05, 0) is 7.05 Å². The Morgan fingerprint density at radius 1 is 1.75 bits per heavy atom. The number of ether oxygens (including phenoxy) is 1. The lowest BCUT2D eigenvalue weighted by Crippen LogP contribution is -2.24. The minimum atomic E-state index is 0.223. The van der Waals surface area contributed by atoms with E-state index < -0.39 is 0 Å². The monoisotopic (exact) mass is 133 g/mol. The van der Waals surface area contributed by atoms with Crippen molar-refractivity contribution in [3.8, 4) is 0 Å². The molecule has 0 aromatic carbocycles. The Bertz CT molecular complexity index is 105. The molecule has 1 rings (SSSR count). The minimum Gasteiger partial charge on any atom is -0.364 e. The van der Waals surface area contributed by atoms with Crippen molar-refractivity contribution in [1.29, 1.82) is 0 Å². The average molecular weight is 133 g/mol. The Morgan fingerprint density at radius 3 is 2.88 bits per heavy atom. The molecule has 0 radical (unpaired) electrons. The molecule has 1 unspecified atom stereocenters. The lowest BCUT2D eigenvalue weighted by atomic mass is 10.8. The minimum absolute atomic E-state index is 0.223. The van der Waals surface area contributed by atoms with E-state index in [9.17, 15) is 0 Å². The first kappa shape index (κ1) is 6.26. The van der Waals surface area contributed by atoms with Crippen molar-refractivity contribution < 1.29 is 4.74 Å². The van der Waals surface area contributed by atoms with Crippen molar-refractivity contribution in [3.05, 3.63) is 0 Å². The lowest BCUT2D eigenvalue weighted by molar-refractivity contribution is 0.0863. The van der Waals surface area contributed by atoms with Crippen LogP contribution in [0.5, 0.6) is 0 Å². The zero-order chi connectivity index (χ0) is 5.98. The largest absolute Gasteiger partial charge is 0.364 e. The third-order valence-electron chi connectivity index (χ3n) is 1.18. The first-order chi connectivity index (χ1) is 3.80. The predicted octanol–water partition coefficient (Wildman–Crippen LogP) is 0.522. The third kappa shape index (κ3) is 1.31. The number of hydrogen-bond donors (Lipinski definition) is 0. The molecule has 3 heteroatoms. The summed E-state index contributed by atoms with van der Waals surface area (Å²) >= 11 is 0. The van der Waals surface area contributed by atoms with Crippen molar-refractivity contribution in [2.75, 3.05) is 26.1 Å². The van der Waals surface area contributed by atoms with Gasteiger partial charge in [0.15, 0.2) is 0 Å². The predicted molar refractivity (Wildman–Crippen MR) is 38.2 cm³/mol. The second kappa shape index (κ2) is 2.62. The molecule has 1 atom stereocenters. The van der Waals surface area contributed by atoms with E-state index in [2.05, 4.69) is 10.2 Å². The summed E-state index contributed by atoms with van der Waals surface area (Å²) in [6, 6.07) is 0. The summed E-state index contributed by atoms with van der Waals surface area (Å²) in [5.74, 6) is 5.05. The molecule has 1 heterocycles. The summed E-state index contributed by atoms with van der Waals surface area (Å²) in [6.45, 7) is 1.64. The molecule has 0 amide bonds. The van der Waals surface area contributed by atoms with Gasteiger partial charge in [0.2, 0.25) is 0 Å². The molecule has 2 nitrogen and oxygen atoms in total. The normalized spacial score (nSPS) is 32.9. The summed E-state index contributed by atoms with van der Waals surface area (Å²) in [7, 11) is 2.26. The maximum absolute atomic E-state index is 5.14. The molecule has 8 heavy (non-hydrogen) atoms. The van der Waals surface area contributed by atoms with E-state index in [0.29, 0.717) is 0 Å². The van der Waals surface area contributed by atoms with Crippen LogP contribution in [0.1, 0.15) is 0 Å². The molecule has 1 aliphatic rings. The van der Waals surface area contributed by atoms with Gasteiger partial charge in [0.05, 0.1) is 6.61 Å². The molecule has 1 fully saturated rings.